The lowest BCUT2D eigenvalue weighted by Crippen LogP contribution is -2.47. The van der Waals surface area contributed by atoms with Crippen molar-refractivity contribution in [3.05, 3.63) is 53.6 Å². The van der Waals surface area contributed by atoms with Crippen LogP contribution in [0.15, 0.2) is 42.5 Å². The van der Waals surface area contributed by atoms with Gasteiger partial charge in [0.2, 0.25) is 11.7 Å². The molecule has 0 aromatic heterocycles. The van der Waals surface area contributed by atoms with Crippen LogP contribution in [0.2, 0.25) is 0 Å². The van der Waals surface area contributed by atoms with Crippen molar-refractivity contribution in [3.63, 3.8) is 0 Å². The number of ether oxygens (including phenoxy) is 3. The molecule has 2 aromatic carbocycles. The van der Waals surface area contributed by atoms with E-state index in [9.17, 15) is 9.59 Å². The first kappa shape index (κ1) is 22.0. The van der Waals surface area contributed by atoms with Crippen LogP contribution in [0.5, 0.6) is 17.2 Å². The van der Waals surface area contributed by atoms with Gasteiger partial charge in [0.05, 0.1) is 13.0 Å². The summed E-state index contributed by atoms with van der Waals surface area (Å²) in [6.45, 7) is 4.21. The SMILES string of the molecule is CCC(C(=O)N1CCC(NC(=O)c2cc(OC)c3c(c2)OCCO3)CC1)c1ccccc1. The molecule has 7 nitrogen and oxygen atoms in total. The Hall–Kier alpha value is -3.22. The quantitative estimate of drug-likeness (QED) is 0.748. The standard InChI is InChI=1S/C25H30N2O5/c1-3-20(17-7-5-4-6-8-17)25(29)27-11-9-19(10-12-27)26-24(28)18-15-21(30-2)23-22(16-18)31-13-14-32-23/h4-8,15-16,19-20H,3,9-14H2,1-2H3,(H,26,28). The summed E-state index contributed by atoms with van der Waals surface area (Å²) in [5, 5.41) is 3.10. The molecule has 1 N–H and O–H groups in total. The zero-order chi connectivity index (χ0) is 22.5. The molecule has 0 saturated carbocycles. The van der Waals surface area contributed by atoms with Gasteiger partial charge in [-0.15, -0.1) is 0 Å². The van der Waals surface area contributed by atoms with Crippen LogP contribution in [0.25, 0.3) is 0 Å². The van der Waals surface area contributed by atoms with E-state index in [-0.39, 0.29) is 23.8 Å². The normalized spacial score (nSPS) is 16.9. The zero-order valence-electron chi connectivity index (χ0n) is 18.6. The maximum Gasteiger partial charge on any atom is 0.251 e. The first-order valence-corrected chi connectivity index (χ1v) is 11.2. The summed E-state index contributed by atoms with van der Waals surface area (Å²) in [7, 11) is 1.54. The summed E-state index contributed by atoms with van der Waals surface area (Å²) in [4.78, 5) is 27.9. The smallest absolute Gasteiger partial charge is 0.251 e. The number of amides is 2. The summed E-state index contributed by atoms with van der Waals surface area (Å²) in [6, 6.07) is 13.3. The number of benzene rings is 2. The number of fused-ring (bicyclic) bond motifs is 1. The van der Waals surface area contributed by atoms with Gasteiger partial charge in [-0.25, -0.2) is 0 Å². The molecule has 1 atom stereocenters. The Bertz CT molecular complexity index is 937. The van der Waals surface area contributed by atoms with Crippen LogP contribution < -0.4 is 19.5 Å². The highest BCUT2D eigenvalue weighted by molar-refractivity contribution is 5.96. The Morgan fingerprint density at radius 2 is 1.84 bits per heavy atom. The Labute approximate surface area is 188 Å². The van der Waals surface area contributed by atoms with E-state index in [0.717, 1.165) is 24.8 Å². The third-order valence-corrected chi connectivity index (χ3v) is 6.14. The highest BCUT2D eigenvalue weighted by atomic mass is 16.6. The number of likely N-dealkylation sites (tertiary alicyclic amines) is 1. The molecule has 2 aliphatic heterocycles. The predicted molar refractivity (Wildman–Crippen MR) is 121 cm³/mol. The predicted octanol–water partition coefficient (Wildman–Crippen LogP) is 3.38. The fourth-order valence-corrected chi connectivity index (χ4v) is 4.38. The molecule has 1 fully saturated rings. The van der Waals surface area contributed by atoms with Crippen LogP contribution in [-0.4, -0.2) is 56.2 Å². The third-order valence-electron chi connectivity index (χ3n) is 6.14. The fourth-order valence-electron chi connectivity index (χ4n) is 4.38. The molecule has 0 radical (unpaired) electrons. The lowest BCUT2D eigenvalue weighted by atomic mass is 9.93. The number of piperidine rings is 1. The summed E-state index contributed by atoms with van der Waals surface area (Å²) in [6.07, 6.45) is 2.22. The van der Waals surface area contributed by atoms with E-state index >= 15 is 0 Å². The molecule has 2 aliphatic rings. The molecule has 2 aromatic rings. The van der Waals surface area contributed by atoms with Crippen molar-refractivity contribution < 1.29 is 23.8 Å². The fraction of sp³-hybridized carbons (Fsp3) is 0.440. The van der Waals surface area contributed by atoms with E-state index in [1.54, 1.807) is 19.2 Å². The number of methoxy groups -OCH3 is 1. The summed E-state index contributed by atoms with van der Waals surface area (Å²) >= 11 is 0. The van der Waals surface area contributed by atoms with Gasteiger partial charge in [-0.3, -0.25) is 9.59 Å². The van der Waals surface area contributed by atoms with Gasteiger partial charge in [0.25, 0.3) is 5.91 Å². The lowest BCUT2D eigenvalue weighted by Gasteiger charge is -2.34. The maximum atomic E-state index is 13.1. The monoisotopic (exact) mass is 438 g/mol. The van der Waals surface area contributed by atoms with E-state index in [4.69, 9.17) is 14.2 Å². The second-order valence-corrected chi connectivity index (χ2v) is 8.15. The number of hydrogen-bond donors (Lipinski definition) is 1. The molecule has 1 saturated heterocycles. The van der Waals surface area contributed by atoms with Gasteiger partial charge in [-0.1, -0.05) is 37.3 Å². The van der Waals surface area contributed by atoms with Gasteiger partial charge < -0.3 is 24.4 Å². The van der Waals surface area contributed by atoms with Crippen LogP contribution in [0, 0.1) is 0 Å². The molecule has 170 valence electrons. The maximum absolute atomic E-state index is 13.1. The van der Waals surface area contributed by atoms with Gasteiger partial charge >= 0.3 is 0 Å². The number of nitrogens with one attached hydrogen (secondary N) is 1. The van der Waals surface area contributed by atoms with Crippen molar-refractivity contribution in [2.24, 2.45) is 0 Å². The number of carbonyl (C=O) groups excluding carboxylic acids is 2. The number of nitrogens with zero attached hydrogens (tertiary/aromatic N) is 1. The van der Waals surface area contributed by atoms with Crippen molar-refractivity contribution in [2.75, 3.05) is 33.4 Å². The van der Waals surface area contributed by atoms with E-state index in [1.807, 2.05) is 42.2 Å². The Morgan fingerprint density at radius 3 is 2.53 bits per heavy atom. The molecule has 0 bridgehead atoms. The average molecular weight is 439 g/mol. The van der Waals surface area contributed by atoms with Gasteiger partial charge in [-0.05, 0) is 37.0 Å². The molecule has 1 unspecified atom stereocenters. The number of carbonyl (C=O) groups is 2. The Kier molecular flexibility index (Phi) is 6.83. The highest BCUT2D eigenvalue weighted by Crippen LogP contribution is 2.40. The van der Waals surface area contributed by atoms with Gasteiger partial charge in [-0.2, -0.15) is 0 Å². The van der Waals surface area contributed by atoms with Gasteiger partial charge in [0.15, 0.2) is 11.5 Å². The minimum atomic E-state index is -0.180. The second kappa shape index (κ2) is 9.94. The molecule has 0 spiro atoms. The number of hydrogen-bond acceptors (Lipinski definition) is 5. The minimum Gasteiger partial charge on any atom is -0.493 e. The van der Waals surface area contributed by atoms with E-state index < -0.39 is 0 Å². The third kappa shape index (κ3) is 4.66. The first-order chi connectivity index (χ1) is 15.6. The molecular formula is C25H30N2O5. The van der Waals surface area contributed by atoms with Crippen LogP contribution in [0.3, 0.4) is 0 Å². The topological polar surface area (TPSA) is 77.1 Å². The number of rotatable bonds is 6. The van der Waals surface area contributed by atoms with Gasteiger partial charge in [0, 0.05) is 24.7 Å². The van der Waals surface area contributed by atoms with Crippen molar-refractivity contribution >= 4 is 11.8 Å². The molecule has 7 heteroatoms. The summed E-state index contributed by atoms with van der Waals surface area (Å²) in [5.41, 5.74) is 1.53. The minimum absolute atomic E-state index is 0.0162. The molecule has 0 aliphatic carbocycles. The first-order valence-electron chi connectivity index (χ1n) is 11.2. The van der Waals surface area contributed by atoms with Crippen molar-refractivity contribution in [3.8, 4) is 17.2 Å². The van der Waals surface area contributed by atoms with Crippen LogP contribution in [0.1, 0.15) is 48.0 Å². The van der Waals surface area contributed by atoms with Crippen LogP contribution in [-0.2, 0) is 4.79 Å². The highest BCUT2D eigenvalue weighted by Gasteiger charge is 2.29. The average Bonchev–Trinajstić information content (AvgIpc) is 2.84. The lowest BCUT2D eigenvalue weighted by molar-refractivity contribution is -0.134. The van der Waals surface area contributed by atoms with Crippen LogP contribution in [0.4, 0.5) is 0 Å². The Balaban J connectivity index is 1.36. The molecule has 32 heavy (non-hydrogen) atoms. The molecule has 2 heterocycles. The summed E-state index contributed by atoms with van der Waals surface area (Å²) in [5.74, 6) is 1.41. The van der Waals surface area contributed by atoms with Crippen molar-refractivity contribution in [1.29, 1.82) is 0 Å². The Morgan fingerprint density at radius 1 is 1.12 bits per heavy atom. The van der Waals surface area contributed by atoms with E-state index in [0.29, 0.717) is 49.1 Å². The summed E-state index contributed by atoms with van der Waals surface area (Å²) < 4.78 is 16.6. The van der Waals surface area contributed by atoms with Crippen molar-refractivity contribution in [1.82, 2.24) is 10.2 Å². The van der Waals surface area contributed by atoms with Crippen LogP contribution >= 0.6 is 0 Å². The second-order valence-electron chi connectivity index (χ2n) is 8.15. The van der Waals surface area contributed by atoms with Crippen molar-refractivity contribution in [2.45, 2.75) is 38.1 Å². The van der Waals surface area contributed by atoms with Gasteiger partial charge in [0.1, 0.15) is 13.2 Å². The van der Waals surface area contributed by atoms with E-state index in [1.165, 1.54) is 0 Å². The molecule has 2 amide bonds. The molecular weight excluding hydrogens is 408 g/mol. The zero-order valence-corrected chi connectivity index (χ0v) is 18.6. The van der Waals surface area contributed by atoms with E-state index in [2.05, 4.69) is 5.32 Å². The largest absolute Gasteiger partial charge is 0.493 e. The molecule has 4 rings (SSSR count).